The molecule has 0 saturated carbocycles. The van der Waals surface area contributed by atoms with Gasteiger partial charge in [-0.05, 0) is 19.1 Å². The third-order valence-corrected chi connectivity index (χ3v) is 3.68. The van der Waals surface area contributed by atoms with E-state index in [-0.39, 0.29) is 21.5 Å². The van der Waals surface area contributed by atoms with Crippen molar-refractivity contribution >= 4 is 17.6 Å². The predicted molar refractivity (Wildman–Crippen MR) is 64.4 cm³/mol. The van der Waals surface area contributed by atoms with E-state index < -0.39 is 17.7 Å². The van der Waals surface area contributed by atoms with Crippen molar-refractivity contribution in [2.75, 3.05) is 0 Å². The summed E-state index contributed by atoms with van der Waals surface area (Å²) in [5.74, 6) is -1.93. The minimum atomic E-state index is -0.771. The highest BCUT2D eigenvalue weighted by atomic mass is 32.2. The summed E-state index contributed by atoms with van der Waals surface area (Å²) >= 11 is 0.914. The van der Waals surface area contributed by atoms with Gasteiger partial charge < -0.3 is 10.8 Å². The quantitative estimate of drug-likeness (QED) is 0.441. The highest BCUT2D eigenvalue weighted by Gasteiger charge is 2.18. The zero-order valence-electron chi connectivity index (χ0n) is 9.50. The number of halogens is 2. The molecule has 0 aliphatic rings. The van der Waals surface area contributed by atoms with Gasteiger partial charge in [0.15, 0.2) is 0 Å². The standard InChI is InChI=1S/C11H14F2N2OS/c1-5(16)6(2)17-10-8(12)3-7(11(14)15)4-9(10)13/h3-6,16H,1-2H3,(H3,14,15). The van der Waals surface area contributed by atoms with Gasteiger partial charge in [0.25, 0.3) is 0 Å². The topological polar surface area (TPSA) is 70.1 Å². The maximum Gasteiger partial charge on any atom is 0.140 e. The predicted octanol–water partition coefficient (Wildman–Crippen LogP) is 2.11. The Morgan fingerprint density at radius 2 is 1.82 bits per heavy atom. The van der Waals surface area contributed by atoms with E-state index in [0.29, 0.717) is 0 Å². The number of aliphatic hydroxyl groups excluding tert-OH is 1. The van der Waals surface area contributed by atoms with Gasteiger partial charge in [0, 0.05) is 10.8 Å². The summed E-state index contributed by atoms with van der Waals surface area (Å²) in [6.07, 6.45) is -0.675. The minimum absolute atomic E-state index is 0.00838. The number of amidine groups is 1. The van der Waals surface area contributed by atoms with Crippen LogP contribution in [0.5, 0.6) is 0 Å². The summed E-state index contributed by atoms with van der Waals surface area (Å²) < 4.78 is 27.2. The van der Waals surface area contributed by atoms with Crippen LogP contribution < -0.4 is 5.73 Å². The highest BCUT2D eigenvalue weighted by Crippen LogP contribution is 2.30. The first kappa shape index (κ1) is 13.9. The van der Waals surface area contributed by atoms with Gasteiger partial charge in [-0.25, -0.2) is 8.78 Å². The number of rotatable bonds is 4. The molecule has 2 unspecified atom stereocenters. The van der Waals surface area contributed by atoms with Gasteiger partial charge in [-0.3, -0.25) is 5.41 Å². The van der Waals surface area contributed by atoms with Crippen LogP contribution in [0, 0.1) is 17.0 Å². The second-order valence-electron chi connectivity index (χ2n) is 3.75. The van der Waals surface area contributed by atoms with Crippen molar-refractivity contribution in [3.8, 4) is 0 Å². The molecule has 1 rings (SSSR count). The molecule has 3 nitrogen and oxygen atoms in total. The zero-order chi connectivity index (χ0) is 13.2. The fraction of sp³-hybridized carbons (Fsp3) is 0.364. The molecule has 0 spiro atoms. The lowest BCUT2D eigenvalue weighted by Gasteiger charge is -2.15. The molecule has 2 atom stereocenters. The van der Waals surface area contributed by atoms with E-state index in [0.717, 1.165) is 23.9 Å². The normalized spacial score (nSPS) is 14.4. The molecule has 6 heteroatoms. The number of nitrogens with one attached hydrogen (secondary N) is 1. The lowest BCUT2D eigenvalue weighted by atomic mass is 10.2. The molecule has 4 N–H and O–H groups in total. The lowest BCUT2D eigenvalue weighted by molar-refractivity contribution is 0.196. The molecule has 0 heterocycles. The van der Waals surface area contributed by atoms with Crippen molar-refractivity contribution < 1.29 is 13.9 Å². The van der Waals surface area contributed by atoms with Crippen molar-refractivity contribution in [1.29, 1.82) is 5.41 Å². The van der Waals surface area contributed by atoms with Gasteiger partial charge in [-0.1, -0.05) is 6.92 Å². The van der Waals surface area contributed by atoms with Crippen molar-refractivity contribution in [3.05, 3.63) is 29.3 Å². The molecule has 17 heavy (non-hydrogen) atoms. The van der Waals surface area contributed by atoms with E-state index in [9.17, 15) is 13.9 Å². The first-order chi connectivity index (χ1) is 7.82. The molecule has 0 aliphatic heterocycles. The Kier molecular flexibility index (Phi) is 4.47. The summed E-state index contributed by atoms with van der Waals surface area (Å²) in [5.41, 5.74) is 5.16. The maximum absolute atomic E-state index is 13.6. The third-order valence-electron chi connectivity index (χ3n) is 2.29. The van der Waals surface area contributed by atoms with Gasteiger partial charge >= 0.3 is 0 Å². The van der Waals surface area contributed by atoms with E-state index in [2.05, 4.69) is 0 Å². The van der Waals surface area contributed by atoms with E-state index in [1.54, 1.807) is 13.8 Å². The number of thioether (sulfide) groups is 1. The number of benzene rings is 1. The minimum Gasteiger partial charge on any atom is -0.392 e. The molecule has 1 aromatic rings. The Hall–Kier alpha value is -1.14. The monoisotopic (exact) mass is 260 g/mol. The lowest BCUT2D eigenvalue weighted by Crippen LogP contribution is -2.16. The molecule has 0 bridgehead atoms. The number of hydrogen-bond acceptors (Lipinski definition) is 3. The van der Waals surface area contributed by atoms with Crippen LogP contribution in [0.25, 0.3) is 0 Å². The second kappa shape index (κ2) is 5.46. The molecule has 0 amide bonds. The summed E-state index contributed by atoms with van der Waals surface area (Å²) in [6.45, 7) is 3.23. The number of nitrogen functional groups attached to an aromatic ring is 1. The van der Waals surface area contributed by atoms with Crippen molar-refractivity contribution in [2.24, 2.45) is 5.73 Å². The average Bonchev–Trinajstić information content (AvgIpc) is 2.22. The largest absolute Gasteiger partial charge is 0.392 e. The van der Waals surface area contributed by atoms with Gasteiger partial charge in [0.05, 0.1) is 11.0 Å². The van der Waals surface area contributed by atoms with Gasteiger partial charge in [0.1, 0.15) is 17.5 Å². The Morgan fingerprint density at radius 3 is 2.18 bits per heavy atom. The molecule has 94 valence electrons. The summed E-state index contributed by atoms with van der Waals surface area (Å²) in [6, 6.07) is 2.03. The average molecular weight is 260 g/mol. The fourth-order valence-corrected chi connectivity index (χ4v) is 2.02. The molecule has 0 aliphatic carbocycles. The molecular weight excluding hydrogens is 246 g/mol. The Morgan fingerprint density at radius 1 is 1.35 bits per heavy atom. The Bertz CT molecular complexity index is 414. The van der Waals surface area contributed by atoms with E-state index in [4.69, 9.17) is 11.1 Å². The number of aliphatic hydroxyl groups is 1. The summed E-state index contributed by atoms with van der Waals surface area (Å²) in [7, 11) is 0. The first-order valence-corrected chi connectivity index (χ1v) is 5.89. The Balaban J connectivity index is 3.06. The van der Waals surface area contributed by atoms with Crippen molar-refractivity contribution in [1.82, 2.24) is 0 Å². The maximum atomic E-state index is 13.6. The van der Waals surface area contributed by atoms with Gasteiger partial charge in [0.2, 0.25) is 0 Å². The molecule has 0 aromatic heterocycles. The van der Waals surface area contributed by atoms with Crippen LogP contribution in [0.4, 0.5) is 8.78 Å². The van der Waals surface area contributed by atoms with Crippen LogP contribution in [0.15, 0.2) is 17.0 Å². The Labute approximate surface area is 103 Å². The van der Waals surface area contributed by atoms with E-state index >= 15 is 0 Å². The molecule has 1 aromatic carbocycles. The SMILES string of the molecule is CC(O)C(C)Sc1c(F)cc(C(=N)N)cc1F. The van der Waals surface area contributed by atoms with Crippen LogP contribution in [-0.2, 0) is 0 Å². The molecule has 0 saturated heterocycles. The fourth-order valence-electron chi connectivity index (χ4n) is 1.11. The smallest absolute Gasteiger partial charge is 0.140 e. The second-order valence-corrected chi connectivity index (χ2v) is 5.13. The molecule has 0 fully saturated rings. The van der Waals surface area contributed by atoms with Gasteiger partial charge in [-0.15, -0.1) is 11.8 Å². The molecular formula is C11H14F2N2OS. The van der Waals surface area contributed by atoms with Crippen molar-refractivity contribution in [3.63, 3.8) is 0 Å². The van der Waals surface area contributed by atoms with Gasteiger partial charge in [-0.2, -0.15) is 0 Å². The highest BCUT2D eigenvalue weighted by molar-refractivity contribution is 8.00. The van der Waals surface area contributed by atoms with E-state index in [1.807, 2.05) is 0 Å². The number of nitrogens with two attached hydrogens (primary N) is 1. The van der Waals surface area contributed by atoms with Crippen LogP contribution >= 0.6 is 11.8 Å². The third kappa shape index (κ3) is 3.41. The van der Waals surface area contributed by atoms with Crippen LogP contribution in [-0.4, -0.2) is 22.3 Å². The zero-order valence-corrected chi connectivity index (χ0v) is 10.3. The van der Waals surface area contributed by atoms with Crippen LogP contribution in [0.3, 0.4) is 0 Å². The van der Waals surface area contributed by atoms with E-state index in [1.165, 1.54) is 0 Å². The first-order valence-electron chi connectivity index (χ1n) is 5.01. The van der Waals surface area contributed by atoms with Crippen LogP contribution in [0.1, 0.15) is 19.4 Å². The summed E-state index contributed by atoms with van der Waals surface area (Å²) in [4.78, 5) is -0.164. The van der Waals surface area contributed by atoms with Crippen molar-refractivity contribution in [2.45, 2.75) is 30.1 Å². The number of hydrogen-bond donors (Lipinski definition) is 3. The van der Waals surface area contributed by atoms with Crippen LogP contribution in [0.2, 0.25) is 0 Å². The molecule has 0 radical (unpaired) electrons. The summed E-state index contributed by atoms with van der Waals surface area (Å²) in [5, 5.41) is 16.1.